The maximum Gasteiger partial charge on any atom is 0.303 e. The van der Waals surface area contributed by atoms with Crippen LogP contribution in [-0.2, 0) is 28.6 Å². The predicted molar refractivity (Wildman–Crippen MR) is 62.2 cm³/mol. The number of esters is 2. The lowest BCUT2D eigenvalue weighted by Gasteiger charge is -2.22. The van der Waals surface area contributed by atoms with Gasteiger partial charge in [-0.05, 0) is 6.92 Å². The van der Waals surface area contributed by atoms with E-state index in [1.807, 2.05) is 0 Å². The Labute approximate surface area is 110 Å². The highest BCUT2D eigenvalue weighted by Crippen LogP contribution is 2.29. The van der Waals surface area contributed by atoms with Gasteiger partial charge in [-0.3, -0.25) is 14.4 Å². The summed E-state index contributed by atoms with van der Waals surface area (Å²) < 4.78 is 15.5. The number of carbonyl (C=O) groups excluding carboxylic acids is 3. The highest BCUT2D eigenvalue weighted by atomic mass is 16.6. The van der Waals surface area contributed by atoms with Crippen LogP contribution < -0.4 is 0 Å². The molecule has 1 heterocycles. The second kappa shape index (κ2) is 6.63. The second-order valence-corrected chi connectivity index (χ2v) is 4.45. The van der Waals surface area contributed by atoms with E-state index in [2.05, 4.69) is 0 Å². The predicted octanol–water partition coefficient (Wildman–Crippen LogP) is -0.411. The van der Waals surface area contributed by atoms with Gasteiger partial charge in [0.05, 0.1) is 6.61 Å². The van der Waals surface area contributed by atoms with Crippen molar-refractivity contribution in [2.45, 2.75) is 51.6 Å². The lowest BCUT2D eigenvalue weighted by atomic mass is 10.0. The third-order valence-electron chi connectivity index (χ3n) is 2.68. The number of carbonyl (C=O) groups is 3. The van der Waals surface area contributed by atoms with Crippen LogP contribution in [0.4, 0.5) is 0 Å². The van der Waals surface area contributed by atoms with Gasteiger partial charge in [-0.15, -0.1) is 0 Å². The molecule has 0 saturated carbocycles. The number of rotatable bonds is 5. The summed E-state index contributed by atoms with van der Waals surface area (Å²) in [6.45, 7) is 3.39. The lowest BCUT2D eigenvalue weighted by Crippen LogP contribution is -2.41. The molecule has 1 aliphatic heterocycles. The number of hydrogen-bond acceptors (Lipinski definition) is 7. The molecule has 1 N–H and O–H groups in total. The molecule has 0 bridgehead atoms. The molecule has 1 saturated heterocycles. The molecule has 1 rings (SSSR count). The zero-order chi connectivity index (χ0) is 14.6. The molecule has 1 fully saturated rings. The van der Waals surface area contributed by atoms with Crippen molar-refractivity contribution in [3.8, 4) is 0 Å². The van der Waals surface area contributed by atoms with Crippen molar-refractivity contribution < 1.29 is 33.7 Å². The van der Waals surface area contributed by atoms with Crippen LogP contribution >= 0.6 is 0 Å². The highest BCUT2D eigenvalue weighted by Gasteiger charge is 2.48. The van der Waals surface area contributed by atoms with Gasteiger partial charge in [-0.2, -0.15) is 0 Å². The van der Waals surface area contributed by atoms with Gasteiger partial charge in [0.25, 0.3) is 0 Å². The van der Waals surface area contributed by atoms with Gasteiger partial charge in [-0.25, -0.2) is 0 Å². The van der Waals surface area contributed by atoms with Crippen LogP contribution in [0.15, 0.2) is 0 Å². The van der Waals surface area contributed by atoms with Crippen LogP contribution in [0.2, 0.25) is 0 Å². The summed E-state index contributed by atoms with van der Waals surface area (Å²) in [5.41, 5.74) is 0. The standard InChI is InChI=1S/C12H18O7/c1-6(14)4-9-11(17-7(2)15)12(18-8(3)16)10(5-13)19-9/h9-13H,4-5H2,1-3H3/t9-,10+,11-,12+/m0/s1. The minimum absolute atomic E-state index is 0.0201. The molecule has 7 nitrogen and oxygen atoms in total. The van der Waals surface area contributed by atoms with E-state index in [9.17, 15) is 19.5 Å². The van der Waals surface area contributed by atoms with Crippen LogP contribution in [0.25, 0.3) is 0 Å². The molecule has 7 heteroatoms. The van der Waals surface area contributed by atoms with Crippen LogP contribution in [-0.4, -0.2) is 53.9 Å². The molecule has 1 aliphatic rings. The van der Waals surface area contributed by atoms with Crippen LogP contribution in [0.1, 0.15) is 27.2 Å². The Hall–Kier alpha value is -1.47. The Bertz CT molecular complexity index is 365. The molecule has 0 aromatic carbocycles. The molecule has 4 atom stereocenters. The number of ether oxygens (including phenoxy) is 3. The smallest absolute Gasteiger partial charge is 0.303 e. The first-order valence-corrected chi connectivity index (χ1v) is 5.95. The van der Waals surface area contributed by atoms with E-state index in [-0.39, 0.29) is 12.2 Å². The van der Waals surface area contributed by atoms with Crippen molar-refractivity contribution in [2.24, 2.45) is 0 Å². The van der Waals surface area contributed by atoms with Gasteiger partial charge in [0.2, 0.25) is 0 Å². The second-order valence-electron chi connectivity index (χ2n) is 4.45. The van der Waals surface area contributed by atoms with Gasteiger partial charge in [0, 0.05) is 20.3 Å². The average molecular weight is 274 g/mol. The van der Waals surface area contributed by atoms with Crippen LogP contribution in [0.3, 0.4) is 0 Å². The van der Waals surface area contributed by atoms with E-state index in [1.165, 1.54) is 20.8 Å². The summed E-state index contributed by atoms with van der Waals surface area (Å²) in [6, 6.07) is 0. The summed E-state index contributed by atoms with van der Waals surface area (Å²) in [4.78, 5) is 33.3. The summed E-state index contributed by atoms with van der Waals surface area (Å²) in [6.07, 6.45) is -3.30. The van der Waals surface area contributed by atoms with Gasteiger partial charge in [-0.1, -0.05) is 0 Å². The SMILES string of the molecule is CC(=O)C[C@@H]1O[C@H](CO)[C@@H](OC(C)=O)[C@H]1OC(C)=O. The van der Waals surface area contributed by atoms with Crippen molar-refractivity contribution in [3.05, 3.63) is 0 Å². The van der Waals surface area contributed by atoms with E-state index in [0.717, 1.165) is 0 Å². The molecule has 0 amide bonds. The Morgan fingerprint density at radius 2 is 1.47 bits per heavy atom. The maximum atomic E-state index is 11.2. The molecule has 0 aromatic heterocycles. The Kier molecular flexibility index (Phi) is 5.44. The fraction of sp³-hybridized carbons (Fsp3) is 0.750. The van der Waals surface area contributed by atoms with Crippen molar-refractivity contribution in [2.75, 3.05) is 6.61 Å². The van der Waals surface area contributed by atoms with Gasteiger partial charge in [0.1, 0.15) is 18.0 Å². The molecular formula is C12H18O7. The Balaban J connectivity index is 2.90. The Morgan fingerprint density at radius 1 is 1.00 bits per heavy atom. The van der Waals surface area contributed by atoms with Crippen LogP contribution in [0, 0.1) is 0 Å². The number of hydrogen-bond donors (Lipinski definition) is 1. The number of Topliss-reactive ketones (excluding diaryl/α,β-unsaturated/α-hetero) is 1. The van der Waals surface area contributed by atoms with Gasteiger partial charge >= 0.3 is 11.9 Å². The fourth-order valence-corrected chi connectivity index (χ4v) is 2.07. The minimum Gasteiger partial charge on any atom is -0.456 e. The van der Waals surface area contributed by atoms with Crippen LogP contribution in [0.5, 0.6) is 0 Å². The molecule has 0 radical (unpaired) electrons. The van der Waals surface area contributed by atoms with E-state index >= 15 is 0 Å². The average Bonchev–Trinajstić information content (AvgIpc) is 2.55. The molecule has 0 unspecified atom stereocenters. The summed E-state index contributed by atoms with van der Waals surface area (Å²) in [7, 11) is 0. The van der Waals surface area contributed by atoms with Gasteiger partial charge in [0.15, 0.2) is 12.2 Å². The van der Waals surface area contributed by atoms with Crippen molar-refractivity contribution in [1.82, 2.24) is 0 Å². The zero-order valence-electron chi connectivity index (χ0n) is 11.1. The largest absolute Gasteiger partial charge is 0.456 e. The van der Waals surface area contributed by atoms with Gasteiger partial charge < -0.3 is 19.3 Å². The fourth-order valence-electron chi connectivity index (χ4n) is 2.07. The summed E-state index contributed by atoms with van der Waals surface area (Å²) in [5.74, 6) is -1.30. The van der Waals surface area contributed by atoms with Crippen molar-refractivity contribution in [1.29, 1.82) is 0 Å². The number of ketones is 1. The third kappa shape index (κ3) is 4.29. The van der Waals surface area contributed by atoms with E-state index in [1.54, 1.807) is 0 Å². The van der Waals surface area contributed by atoms with E-state index in [0.29, 0.717) is 0 Å². The first kappa shape index (κ1) is 15.6. The topological polar surface area (TPSA) is 99.1 Å². The molecule has 108 valence electrons. The number of aliphatic hydroxyl groups excluding tert-OH is 1. The van der Waals surface area contributed by atoms with Crippen molar-refractivity contribution >= 4 is 17.7 Å². The molecule has 0 aliphatic carbocycles. The maximum absolute atomic E-state index is 11.2. The van der Waals surface area contributed by atoms with E-state index in [4.69, 9.17) is 14.2 Å². The monoisotopic (exact) mass is 274 g/mol. The first-order chi connectivity index (χ1) is 8.85. The molecular weight excluding hydrogens is 256 g/mol. The van der Waals surface area contributed by atoms with Crippen molar-refractivity contribution in [3.63, 3.8) is 0 Å². The molecule has 0 spiro atoms. The first-order valence-electron chi connectivity index (χ1n) is 5.95. The minimum atomic E-state index is -0.907. The molecule has 0 aromatic rings. The zero-order valence-corrected chi connectivity index (χ0v) is 11.1. The third-order valence-corrected chi connectivity index (χ3v) is 2.68. The lowest BCUT2D eigenvalue weighted by molar-refractivity contribution is -0.164. The molecule has 19 heavy (non-hydrogen) atoms. The summed E-state index contributed by atoms with van der Waals surface area (Å²) in [5, 5.41) is 9.21. The highest BCUT2D eigenvalue weighted by molar-refractivity contribution is 5.76. The van der Waals surface area contributed by atoms with E-state index < -0.39 is 43.0 Å². The summed E-state index contributed by atoms with van der Waals surface area (Å²) >= 11 is 0. The Morgan fingerprint density at radius 3 is 1.84 bits per heavy atom. The quantitative estimate of drug-likeness (QED) is 0.680. The normalized spacial score (nSPS) is 29.9. The number of aliphatic hydroxyl groups is 1.